The molecule has 0 amide bonds. The highest BCUT2D eigenvalue weighted by atomic mass is 16.6. The number of aliphatic carboxylic acids is 1. The van der Waals surface area contributed by atoms with Crippen molar-refractivity contribution in [2.45, 2.75) is 37.9 Å². The zero-order chi connectivity index (χ0) is 11.5. The first kappa shape index (κ1) is 10.4. The van der Waals surface area contributed by atoms with Crippen LogP contribution in [0.4, 0.5) is 0 Å². The molecular weight excluding hydrogens is 200 g/mol. The number of fused-ring (bicyclic) bond motifs is 1. The Morgan fingerprint density at radius 2 is 1.87 bits per heavy atom. The van der Waals surface area contributed by atoms with Gasteiger partial charge >= 0.3 is 11.9 Å². The second-order valence-electron chi connectivity index (χ2n) is 4.84. The molecule has 2 bridgehead atoms. The summed E-state index contributed by atoms with van der Waals surface area (Å²) >= 11 is 0. The third-order valence-corrected chi connectivity index (χ3v) is 3.74. The van der Waals surface area contributed by atoms with E-state index in [1.807, 2.05) is 0 Å². The lowest BCUT2D eigenvalue weighted by atomic mass is 9.56. The first-order valence-electron chi connectivity index (χ1n) is 4.82. The quantitative estimate of drug-likeness (QED) is 0.680. The molecule has 2 saturated heterocycles. The molecule has 2 heterocycles. The summed E-state index contributed by atoms with van der Waals surface area (Å²) in [6, 6.07) is 0. The topological polar surface area (TPSA) is 72.8 Å². The fourth-order valence-corrected chi connectivity index (χ4v) is 2.79. The monoisotopic (exact) mass is 214 g/mol. The predicted molar refractivity (Wildman–Crippen MR) is 49.2 cm³/mol. The van der Waals surface area contributed by atoms with Crippen molar-refractivity contribution in [1.29, 1.82) is 0 Å². The minimum absolute atomic E-state index is 0.217. The maximum atomic E-state index is 11.7. The van der Waals surface area contributed by atoms with E-state index in [0.29, 0.717) is 0 Å². The van der Waals surface area contributed by atoms with Crippen molar-refractivity contribution in [3.8, 4) is 0 Å². The largest absolute Gasteiger partial charge is 0.479 e. The number of ether oxygens (including phenoxy) is 2. The first-order valence-corrected chi connectivity index (χ1v) is 4.82. The van der Waals surface area contributed by atoms with Crippen molar-refractivity contribution in [1.82, 2.24) is 0 Å². The number of hydrogen-bond acceptors (Lipinski definition) is 4. The number of rotatable bonds is 2. The second kappa shape index (κ2) is 2.52. The number of carboxylic acid groups (broad SMARTS) is 1. The second-order valence-corrected chi connectivity index (χ2v) is 4.84. The Morgan fingerprint density at radius 1 is 1.33 bits per heavy atom. The van der Waals surface area contributed by atoms with Gasteiger partial charge in [-0.15, -0.1) is 0 Å². The van der Waals surface area contributed by atoms with Gasteiger partial charge in [-0.2, -0.15) is 0 Å². The number of carboxylic acids is 1. The van der Waals surface area contributed by atoms with Crippen LogP contribution in [0, 0.1) is 5.41 Å². The molecule has 0 spiro atoms. The lowest BCUT2D eigenvalue weighted by Crippen LogP contribution is -2.56. The van der Waals surface area contributed by atoms with Crippen molar-refractivity contribution < 1.29 is 24.2 Å². The minimum Gasteiger partial charge on any atom is -0.479 e. The van der Waals surface area contributed by atoms with Crippen LogP contribution in [-0.4, -0.2) is 35.4 Å². The van der Waals surface area contributed by atoms with Crippen LogP contribution in [0.3, 0.4) is 0 Å². The van der Waals surface area contributed by atoms with E-state index in [2.05, 4.69) is 0 Å². The fraction of sp³-hybridized carbons (Fsp3) is 0.800. The molecule has 0 aromatic heterocycles. The number of carbonyl (C=O) groups is 2. The van der Waals surface area contributed by atoms with E-state index in [1.165, 1.54) is 7.11 Å². The Kier molecular flexibility index (Phi) is 1.75. The summed E-state index contributed by atoms with van der Waals surface area (Å²) in [6.07, 6.45) is 0.435. The Hall–Kier alpha value is -1.10. The first-order chi connectivity index (χ1) is 6.80. The molecule has 1 saturated carbocycles. The molecule has 0 unspecified atom stereocenters. The number of carbonyl (C=O) groups excluding carboxylic acids is 1. The predicted octanol–water partition coefficient (Wildman–Crippen LogP) is 0.572. The van der Waals surface area contributed by atoms with Crippen LogP contribution in [0.1, 0.15) is 26.7 Å². The van der Waals surface area contributed by atoms with Gasteiger partial charge in [-0.05, 0) is 13.8 Å². The Bertz CT molecular complexity index is 338. The van der Waals surface area contributed by atoms with E-state index < -0.39 is 22.6 Å². The third-order valence-electron chi connectivity index (χ3n) is 3.74. The van der Waals surface area contributed by atoms with E-state index in [-0.39, 0.29) is 18.8 Å². The van der Waals surface area contributed by atoms with Crippen LogP contribution < -0.4 is 0 Å². The summed E-state index contributed by atoms with van der Waals surface area (Å²) < 4.78 is 10.2. The van der Waals surface area contributed by atoms with Crippen molar-refractivity contribution in [3.63, 3.8) is 0 Å². The van der Waals surface area contributed by atoms with Crippen LogP contribution in [0.2, 0.25) is 0 Å². The number of hydrogen-bond donors (Lipinski definition) is 1. The molecule has 3 rings (SSSR count). The van der Waals surface area contributed by atoms with Crippen LogP contribution in [-0.2, 0) is 19.1 Å². The molecule has 0 aromatic rings. The highest BCUT2D eigenvalue weighted by Crippen LogP contribution is 2.66. The molecule has 5 heteroatoms. The van der Waals surface area contributed by atoms with Crippen LogP contribution >= 0.6 is 0 Å². The number of esters is 1. The molecule has 0 atom stereocenters. The summed E-state index contributed by atoms with van der Waals surface area (Å²) in [7, 11) is 1.31. The average molecular weight is 214 g/mol. The van der Waals surface area contributed by atoms with Gasteiger partial charge in [0.15, 0.2) is 5.60 Å². The summed E-state index contributed by atoms with van der Waals surface area (Å²) in [6.45, 7) is 3.48. The molecule has 3 fully saturated rings. The van der Waals surface area contributed by atoms with Crippen molar-refractivity contribution in [2.75, 3.05) is 7.11 Å². The Labute approximate surface area is 87.4 Å². The Balaban J connectivity index is 2.34. The van der Waals surface area contributed by atoms with Crippen molar-refractivity contribution >= 4 is 11.9 Å². The maximum Gasteiger partial charge on any atom is 0.336 e. The normalized spacial score (nSPS) is 40.7. The van der Waals surface area contributed by atoms with Crippen molar-refractivity contribution in [3.05, 3.63) is 0 Å². The molecule has 1 aliphatic carbocycles. The van der Waals surface area contributed by atoms with Gasteiger partial charge in [-0.1, -0.05) is 0 Å². The molecule has 1 N–H and O–H groups in total. The van der Waals surface area contributed by atoms with Gasteiger partial charge in [-0.25, -0.2) is 4.79 Å². The molecule has 5 nitrogen and oxygen atoms in total. The van der Waals surface area contributed by atoms with Gasteiger partial charge in [0.2, 0.25) is 0 Å². The fourth-order valence-electron chi connectivity index (χ4n) is 2.79. The zero-order valence-corrected chi connectivity index (χ0v) is 8.99. The van der Waals surface area contributed by atoms with E-state index in [0.717, 1.165) is 0 Å². The molecular formula is C10H14O5. The highest BCUT2D eigenvalue weighted by molar-refractivity contribution is 5.89. The van der Waals surface area contributed by atoms with Gasteiger partial charge in [0.1, 0.15) is 5.41 Å². The van der Waals surface area contributed by atoms with E-state index in [4.69, 9.17) is 14.6 Å². The average Bonchev–Trinajstić information content (AvgIpc) is 2.45. The van der Waals surface area contributed by atoms with Gasteiger partial charge in [-0.3, -0.25) is 4.79 Å². The summed E-state index contributed by atoms with van der Waals surface area (Å²) in [5.74, 6) is -1.37. The SMILES string of the molecule is COC(=O)C12CC(C(=O)O)(C1)OC2(C)C. The van der Waals surface area contributed by atoms with Gasteiger partial charge in [0.25, 0.3) is 0 Å². The smallest absolute Gasteiger partial charge is 0.336 e. The molecule has 3 aliphatic rings. The van der Waals surface area contributed by atoms with E-state index in [1.54, 1.807) is 13.8 Å². The highest BCUT2D eigenvalue weighted by Gasteiger charge is 2.78. The molecule has 0 radical (unpaired) electrons. The standard InChI is InChI=1S/C10H14O5/c1-8(2)9(7(13)14-3)4-10(5-9,15-8)6(11)12/h4-5H2,1-3H3,(H,11,12). The van der Waals surface area contributed by atoms with Gasteiger partial charge < -0.3 is 14.6 Å². The van der Waals surface area contributed by atoms with Crippen LogP contribution in [0.15, 0.2) is 0 Å². The van der Waals surface area contributed by atoms with Crippen LogP contribution in [0.25, 0.3) is 0 Å². The lowest BCUT2D eigenvalue weighted by molar-refractivity contribution is -0.171. The lowest BCUT2D eigenvalue weighted by Gasteiger charge is -2.41. The Morgan fingerprint density at radius 3 is 2.20 bits per heavy atom. The number of methoxy groups -OCH3 is 1. The molecule has 0 aromatic carbocycles. The third kappa shape index (κ3) is 0.963. The zero-order valence-electron chi connectivity index (χ0n) is 8.99. The van der Waals surface area contributed by atoms with Crippen LogP contribution in [0.5, 0.6) is 0 Å². The maximum absolute atomic E-state index is 11.7. The summed E-state index contributed by atoms with van der Waals surface area (Å²) in [5.41, 5.74) is -2.71. The van der Waals surface area contributed by atoms with E-state index >= 15 is 0 Å². The summed E-state index contributed by atoms with van der Waals surface area (Å²) in [4.78, 5) is 22.7. The van der Waals surface area contributed by atoms with Crippen molar-refractivity contribution in [2.24, 2.45) is 5.41 Å². The van der Waals surface area contributed by atoms with E-state index in [9.17, 15) is 9.59 Å². The molecule has 84 valence electrons. The summed E-state index contributed by atoms with van der Waals surface area (Å²) in [5, 5.41) is 9.03. The van der Waals surface area contributed by atoms with Gasteiger partial charge in [0.05, 0.1) is 12.7 Å². The minimum atomic E-state index is -1.17. The van der Waals surface area contributed by atoms with Gasteiger partial charge in [0, 0.05) is 12.8 Å². The molecule has 2 aliphatic heterocycles. The molecule has 15 heavy (non-hydrogen) atoms.